The quantitative estimate of drug-likeness (QED) is 0.214. The minimum absolute atomic E-state index is 0.189. The van der Waals surface area contributed by atoms with Crippen molar-refractivity contribution in [1.29, 1.82) is 0 Å². The van der Waals surface area contributed by atoms with E-state index in [1.807, 2.05) is 19.1 Å². The minimum Gasteiger partial charge on any atom is -0.493 e. The summed E-state index contributed by atoms with van der Waals surface area (Å²) in [7, 11) is 1.49. The summed E-state index contributed by atoms with van der Waals surface area (Å²) in [5, 5.41) is 0. The van der Waals surface area contributed by atoms with E-state index >= 15 is 0 Å². The monoisotopic (exact) mass is 465 g/mol. The van der Waals surface area contributed by atoms with Crippen LogP contribution >= 0.6 is 24.0 Å². The van der Waals surface area contributed by atoms with E-state index in [0.29, 0.717) is 32.0 Å². The van der Waals surface area contributed by atoms with Gasteiger partial charge in [0.2, 0.25) is 0 Å². The maximum absolute atomic E-state index is 12.8. The number of thioether (sulfide) groups is 1. The Kier molecular flexibility index (Phi) is 6.43. The van der Waals surface area contributed by atoms with Crippen LogP contribution in [0, 0.1) is 6.92 Å². The predicted octanol–water partition coefficient (Wildman–Crippen LogP) is 5.22. The standard InChI is InChI=1S/C24H19NO5S2/c1-15-6-3-4-8-18(15)23(27)30-19-10-9-16(12-20(19)28-2)13-21-22(26)25(24(31)32-21)14-17-7-5-11-29-17/h3-13H,14H2,1-2H3. The molecule has 0 aliphatic carbocycles. The van der Waals surface area contributed by atoms with Gasteiger partial charge in [-0.25, -0.2) is 4.79 Å². The lowest BCUT2D eigenvalue weighted by Crippen LogP contribution is -2.27. The van der Waals surface area contributed by atoms with Crippen molar-refractivity contribution in [3.8, 4) is 11.5 Å². The largest absolute Gasteiger partial charge is 0.493 e. The normalized spacial score (nSPS) is 14.8. The molecule has 32 heavy (non-hydrogen) atoms. The number of benzene rings is 2. The molecule has 0 atom stereocenters. The third-order valence-electron chi connectivity index (χ3n) is 4.82. The van der Waals surface area contributed by atoms with Crippen LogP contribution < -0.4 is 9.47 Å². The first-order valence-electron chi connectivity index (χ1n) is 9.70. The fourth-order valence-electron chi connectivity index (χ4n) is 3.16. The maximum atomic E-state index is 12.8. The van der Waals surface area contributed by atoms with Crippen molar-refractivity contribution in [1.82, 2.24) is 4.90 Å². The molecule has 2 aromatic carbocycles. The molecule has 0 bridgehead atoms. The topological polar surface area (TPSA) is 69.0 Å². The highest BCUT2D eigenvalue weighted by Crippen LogP contribution is 2.35. The van der Waals surface area contributed by atoms with E-state index in [4.69, 9.17) is 26.1 Å². The minimum atomic E-state index is -0.465. The molecule has 4 rings (SSSR count). The predicted molar refractivity (Wildman–Crippen MR) is 127 cm³/mol. The molecule has 1 aromatic heterocycles. The average Bonchev–Trinajstić information content (AvgIpc) is 3.39. The SMILES string of the molecule is COc1cc(C=C2SC(=S)N(Cc3ccco3)C2=O)ccc1OC(=O)c1ccccc1C. The first kappa shape index (κ1) is 21.9. The van der Waals surface area contributed by atoms with Gasteiger partial charge in [0.05, 0.1) is 30.4 Å². The van der Waals surface area contributed by atoms with Crippen LogP contribution in [0.4, 0.5) is 0 Å². The number of carbonyl (C=O) groups is 2. The molecular formula is C24H19NO5S2. The Hall–Kier alpha value is -3.36. The van der Waals surface area contributed by atoms with Gasteiger partial charge in [0.1, 0.15) is 10.1 Å². The zero-order chi connectivity index (χ0) is 22.7. The van der Waals surface area contributed by atoms with Crippen molar-refractivity contribution in [2.45, 2.75) is 13.5 Å². The van der Waals surface area contributed by atoms with Crippen LogP contribution in [-0.4, -0.2) is 28.2 Å². The van der Waals surface area contributed by atoms with E-state index in [-0.39, 0.29) is 12.5 Å². The van der Waals surface area contributed by atoms with Gasteiger partial charge in [-0.05, 0) is 54.5 Å². The molecule has 1 aliphatic rings. The van der Waals surface area contributed by atoms with Gasteiger partial charge >= 0.3 is 5.97 Å². The van der Waals surface area contributed by atoms with Crippen molar-refractivity contribution < 1.29 is 23.5 Å². The van der Waals surface area contributed by atoms with Gasteiger partial charge in [0, 0.05) is 0 Å². The first-order valence-corrected chi connectivity index (χ1v) is 10.9. The second kappa shape index (κ2) is 9.42. The number of nitrogens with zero attached hydrogens (tertiary/aromatic N) is 1. The molecule has 0 radical (unpaired) electrons. The zero-order valence-electron chi connectivity index (χ0n) is 17.4. The second-order valence-electron chi connectivity index (χ2n) is 6.96. The summed E-state index contributed by atoms with van der Waals surface area (Å²) in [5.74, 6) is 0.678. The molecule has 1 fully saturated rings. The van der Waals surface area contributed by atoms with Crippen LogP contribution in [0.2, 0.25) is 0 Å². The number of thiocarbonyl (C=S) groups is 1. The lowest BCUT2D eigenvalue weighted by atomic mass is 10.1. The van der Waals surface area contributed by atoms with Crippen LogP contribution in [0.3, 0.4) is 0 Å². The van der Waals surface area contributed by atoms with E-state index < -0.39 is 5.97 Å². The first-order chi connectivity index (χ1) is 15.5. The van der Waals surface area contributed by atoms with Crippen molar-refractivity contribution in [3.63, 3.8) is 0 Å². The van der Waals surface area contributed by atoms with Gasteiger partial charge in [-0.3, -0.25) is 9.69 Å². The summed E-state index contributed by atoms with van der Waals surface area (Å²) in [5.41, 5.74) is 2.03. The van der Waals surface area contributed by atoms with E-state index in [2.05, 4.69) is 0 Å². The zero-order valence-corrected chi connectivity index (χ0v) is 19.0. The molecule has 0 N–H and O–H groups in total. The number of furan rings is 1. The van der Waals surface area contributed by atoms with Gasteiger partial charge in [-0.1, -0.05) is 48.2 Å². The molecule has 0 unspecified atom stereocenters. The number of rotatable bonds is 6. The summed E-state index contributed by atoms with van der Waals surface area (Å²) in [6, 6.07) is 15.9. The van der Waals surface area contributed by atoms with Gasteiger partial charge in [-0.15, -0.1) is 0 Å². The summed E-state index contributed by atoms with van der Waals surface area (Å²) in [6.45, 7) is 2.13. The Balaban J connectivity index is 1.53. The number of esters is 1. The molecule has 1 amide bonds. The molecule has 6 nitrogen and oxygen atoms in total. The van der Waals surface area contributed by atoms with E-state index in [1.54, 1.807) is 54.8 Å². The third-order valence-corrected chi connectivity index (χ3v) is 6.20. The van der Waals surface area contributed by atoms with Crippen LogP contribution in [0.15, 0.2) is 70.2 Å². The molecule has 8 heteroatoms. The molecule has 1 aliphatic heterocycles. The number of carbonyl (C=O) groups excluding carboxylic acids is 2. The van der Waals surface area contributed by atoms with Gasteiger partial charge in [0.15, 0.2) is 11.5 Å². The maximum Gasteiger partial charge on any atom is 0.343 e. The fraction of sp³-hybridized carbons (Fsp3) is 0.125. The summed E-state index contributed by atoms with van der Waals surface area (Å²) >= 11 is 6.59. The van der Waals surface area contributed by atoms with Crippen LogP contribution in [0.1, 0.15) is 27.2 Å². The summed E-state index contributed by atoms with van der Waals surface area (Å²) in [6.07, 6.45) is 3.29. The van der Waals surface area contributed by atoms with E-state index in [0.717, 1.165) is 11.1 Å². The van der Waals surface area contributed by atoms with Crippen LogP contribution in [0.25, 0.3) is 6.08 Å². The molecule has 162 valence electrons. The fourth-order valence-corrected chi connectivity index (χ4v) is 4.42. The van der Waals surface area contributed by atoms with Crippen molar-refractivity contribution in [2.24, 2.45) is 0 Å². The van der Waals surface area contributed by atoms with Crippen molar-refractivity contribution in [2.75, 3.05) is 7.11 Å². The lowest BCUT2D eigenvalue weighted by molar-refractivity contribution is -0.122. The van der Waals surface area contributed by atoms with Gasteiger partial charge in [-0.2, -0.15) is 0 Å². The molecule has 0 spiro atoms. The van der Waals surface area contributed by atoms with Gasteiger partial charge in [0.25, 0.3) is 5.91 Å². The number of aryl methyl sites for hydroxylation is 1. The average molecular weight is 466 g/mol. The number of amides is 1. The van der Waals surface area contributed by atoms with Crippen molar-refractivity contribution >= 4 is 46.3 Å². The van der Waals surface area contributed by atoms with Crippen molar-refractivity contribution in [3.05, 3.63) is 88.2 Å². The highest BCUT2D eigenvalue weighted by molar-refractivity contribution is 8.26. The summed E-state index contributed by atoms with van der Waals surface area (Å²) in [4.78, 5) is 27.4. The van der Waals surface area contributed by atoms with Gasteiger partial charge < -0.3 is 13.9 Å². The molecule has 2 heterocycles. The Bertz CT molecular complexity index is 1220. The second-order valence-corrected chi connectivity index (χ2v) is 8.64. The molecule has 1 saturated heterocycles. The smallest absolute Gasteiger partial charge is 0.343 e. The molecular weight excluding hydrogens is 446 g/mol. The Morgan fingerprint density at radius 1 is 1.16 bits per heavy atom. The molecule has 3 aromatic rings. The summed E-state index contributed by atoms with van der Waals surface area (Å²) < 4.78 is 16.7. The highest BCUT2D eigenvalue weighted by Gasteiger charge is 2.32. The number of hydrogen-bond acceptors (Lipinski definition) is 7. The number of methoxy groups -OCH3 is 1. The van der Waals surface area contributed by atoms with E-state index in [1.165, 1.54) is 23.8 Å². The molecule has 0 saturated carbocycles. The lowest BCUT2D eigenvalue weighted by Gasteiger charge is -2.12. The Morgan fingerprint density at radius 3 is 2.69 bits per heavy atom. The van der Waals surface area contributed by atoms with Crippen LogP contribution in [0.5, 0.6) is 11.5 Å². The number of hydrogen-bond donors (Lipinski definition) is 0. The van der Waals surface area contributed by atoms with Crippen LogP contribution in [-0.2, 0) is 11.3 Å². The highest BCUT2D eigenvalue weighted by atomic mass is 32.2. The Labute approximate surface area is 194 Å². The Morgan fingerprint density at radius 2 is 1.97 bits per heavy atom. The van der Waals surface area contributed by atoms with E-state index in [9.17, 15) is 9.59 Å². The number of ether oxygens (including phenoxy) is 2. The third kappa shape index (κ3) is 4.61.